The van der Waals surface area contributed by atoms with E-state index in [0.717, 1.165) is 18.4 Å². The molecule has 0 bridgehead atoms. The van der Waals surface area contributed by atoms with Gasteiger partial charge in [-0.25, -0.2) is 9.59 Å². The highest BCUT2D eigenvalue weighted by Crippen LogP contribution is 2.10. The van der Waals surface area contributed by atoms with Crippen LogP contribution in [-0.4, -0.2) is 44.5 Å². The fourth-order valence-corrected chi connectivity index (χ4v) is 1.76. The van der Waals surface area contributed by atoms with Gasteiger partial charge in [0.05, 0.1) is 12.7 Å². The predicted octanol–water partition coefficient (Wildman–Crippen LogP) is 1.96. The maximum absolute atomic E-state index is 12.0. The number of carbonyl (C=O) groups is 2. The first-order chi connectivity index (χ1) is 10.0. The number of esters is 1. The van der Waals surface area contributed by atoms with Gasteiger partial charge in [0.15, 0.2) is 6.04 Å². The molecule has 21 heavy (non-hydrogen) atoms. The van der Waals surface area contributed by atoms with Crippen LogP contribution in [0.1, 0.15) is 26.7 Å². The van der Waals surface area contributed by atoms with Gasteiger partial charge in [0, 0.05) is 7.11 Å². The number of nitrogens with one attached hydrogen (secondary N) is 1. The zero-order valence-corrected chi connectivity index (χ0v) is 12.8. The van der Waals surface area contributed by atoms with Crippen LogP contribution in [0.25, 0.3) is 0 Å². The number of carbonyl (C=O) groups excluding carboxylic acids is 2. The smallest absolute Gasteiger partial charge is 0.408 e. The van der Waals surface area contributed by atoms with Gasteiger partial charge in [-0.15, -0.1) is 0 Å². The molecule has 0 unspecified atom stereocenters. The second-order valence-electron chi connectivity index (χ2n) is 4.97. The van der Waals surface area contributed by atoms with Gasteiger partial charge in [0.2, 0.25) is 0 Å². The molecule has 6 heteroatoms. The van der Waals surface area contributed by atoms with Crippen molar-refractivity contribution >= 4 is 12.1 Å². The molecule has 0 aromatic rings. The molecule has 1 rings (SSSR count). The van der Waals surface area contributed by atoms with Gasteiger partial charge in [-0.05, 0) is 32.3 Å². The van der Waals surface area contributed by atoms with Gasteiger partial charge >= 0.3 is 12.1 Å². The van der Waals surface area contributed by atoms with Gasteiger partial charge in [-0.3, -0.25) is 0 Å². The molecule has 0 aromatic carbocycles. The Hall–Kier alpha value is -1.82. The number of allylic oxidation sites excluding steroid dienone is 2. The van der Waals surface area contributed by atoms with Crippen molar-refractivity contribution in [2.45, 2.75) is 38.8 Å². The predicted molar refractivity (Wildman–Crippen MR) is 77.8 cm³/mol. The van der Waals surface area contributed by atoms with E-state index in [0.29, 0.717) is 0 Å². The summed E-state index contributed by atoms with van der Waals surface area (Å²) < 4.78 is 15.1. The van der Waals surface area contributed by atoms with E-state index in [9.17, 15) is 9.59 Å². The lowest BCUT2D eigenvalue weighted by atomic mass is 10.1. The summed E-state index contributed by atoms with van der Waals surface area (Å²) in [7, 11) is 1.45. The minimum atomic E-state index is -0.880. The maximum Gasteiger partial charge on any atom is 0.408 e. The molecular formula is C15H23NO5. The minimum Gasteiger partial charge on any atom is -0.459 e. The average molecular weight is 297 g/mol. The summed E-state index contributed by atoms with van der Waals surface area (Å²) in [6, 6.07) is -0.880. The third-order valence-electron chi connectivity index (χ3n) is 2.71. The molecular weight excluding hydrogens is 274 g/mol. The van der Waals surface area contributed by atoms with Crippen molar-refractivity contribution in [3.05, 3.63) is 23.8 Å². The van der Waals surface area contributed by atoms with Crippen molar-refractivity contribution in [3.8, 4) is 0 Å². The first-order valence-corrected chi connectivity index (χ1v) is 7.01. The zero-order chi connectivity index (χ0) is 15.7. The topological polar surface area (TPSA) is 73.9 Å². The third kappa shape index (κ3) is 6.94. The maximum atomic E-state index is 12.0. The fourth-order valence-electron chi connectivity index (χ4n) is 1.76. The lowest BCUT2D eigenvalue weighted by Crippen LogP contribution is -2.45. The number of alkyl carbamates (subject to hydrolysis) is 1. The van der Waals surface area contributed by atoms with Crippen LogP contribution in [0.15, 0.2) is 23.8 Å². The van der Waals surface area contributed by atoms with Crippen LogP contribution < -0.4 is 5.32 Å². The molecule has 0 radical (unpaired) electrons. The van der Waals surface area contributed by atoms with Gasteiger partial charge in [0.1, 0.15) is 6.61 Å². The molecule has 0 heterocycles. The Bertz CT molecular complexity index is 414. The van der Waals surface area contributed by atoms with Crippen molar-refractivity contribution < 1.29 is 23.8 Å². The molecule has 0 fully saturated rings. The highest BCUT2D eigenvalue weighted by atomic mass is 16.6. The molecule has 0 spiro atoms. The van der Waals surface area contributed by atoms with Crippen molar-refractivity contribution in [2.75, 3.05) is 20.3 Å². The quantitative estimate of drug-likeness (QED) is 0.727. The van der Waals surface area contributed by atoms with Crippen LogP contribution in [-0.2, 0) is 19.0 Å². The molecule has 0 aromatic heterocycles. The number of amides is 1. The number of ether oxygens (including phenoxy) is 3. The van der Waals surface area contributed by atoms with E-state index < -0.39 is 18.1 Å². The first kappa shape index (κ1) is 17.2. The molecule has 0 aliphatic heterocycles. The van der Waals surface area contributed by atoms with Crippen molar-refractivity contribution in [1.29, 1.82) is 0 Å². The summed E-state index contributed by atoms with van der Waals surface area (Å²) >= 11 is 0. The second kappa shape index (κ2) is 9.18. The highest BCUT2D eigenvalue weighted by Gasteiger charge is 2.23. The van der Waals surface area contributed by atoms with E-state index >= 15 is 0 Å². The molecule has 1 N–H and O–H groups in total. The number of methoxy groups -OCH3 is 1. The third-order valence-corrected chi connectivity index (χ3v) is 2.71. The standard InChI is InChI=1S/C15H23NO5/c1-11(2)21-15(18)16-13(10-19-3)14(17)20-9-12-7-5-4-6-8-12/h5,7-8,11,13H,4,6,9-10H2,1-3H3,(H,16,18)/t13-/m0/s1. The highest BCUT2D eigenvalue weighted by molar-refractivity contribution is 5.81. The Morgan fingerprint density at radius 1 is 1.33 bits per heavy atom. The summed E-state index contributed by atoms with van der Waals surface area (Å²) in [5, 5.41) is 2.44. The van der Waals surface area contributed by atoms with E-state index in [1.807, 2.05) is 18.2 Å². The molecule has 1 atom stereocenters. The summed E-state index contributed by atoms with van der Waals surface area (Å²) in [5.41, 5.74) is 0.954. The normalized spacial score (nSPS) is 15.3. The molecule has 0 saturated carbocycles. The van der Waals surface area contributed by atoms with Crippen LogP contribution in [0.4, 0.5) is 4.79 Å². The lowest BCUT2D eigenvalue weighted by Gasteiger charge is -2.18. The Labute approximate surface area is 125 Å². The van der Waals surface area contributed by atoms with Gasteiger partial charge in [-0.1, -0.05) is 18.2 Å². The Morgan fingerprint density at radius 2 is 2.10 bits per heavy atom. The van der Waals surface area contributed by atoms with E-state index in [4.69, 9.17) is 14.2 Å². The van der Waals surface area contributed by atoms with Crippen molar-refractivity contribution in [1.82, 2.24) is 5.32 Å². The number of hydrogen-bond acceptors (Lipinski definition) is 5. The van der Waals surface area contributed by atoms with Crippen LogP contribution in [0.5, 0.6) is 0 Å². The van der Waals surface area contributed by atoms with Crippen molar-refractivity contribution in [3.63, 3.8) is 0 Å². The molecule has 1 aliphatic carbocycles. The molecule has 1 aliphatic rings. The first-order valence-electron chi connectivity index (χ1n) is 7.01. The van der Waals surface area contributed by atoms with Crippen LogP contribution in [0.2, 0.25) is 0 Å². The summed E-state index contributed by atoms with van der Waals surface area (Å²) in [6.07, 6.45) is 7.02. The van der Waals surface area contributed by atoms with Gasteiger partial charge in [-0.2, -0.15) is 0 Å². The Kier molecular flexibility index (Phi) is 7.53. The van der Waals surface area contributed by atoms with E-state index in [1.54, 1.807) is 13.8 Å². The summed E-state index contributed by atoms with van der Waals surface area (Å²) in [4.78, 5) is 23.5. The minimum absolute atomic E-state index is 0.0287. The molecule has 0 saturated heterocycles. The monoisotopic (exact) mass is 297 g/mol. The SMILES string of the molecule is COC[C@H](NC(=O)OC(C)C)C(=O)OCC1=CCCC=C1. The largest absolute Gasteiger partial charge is 0.459 e. The molecule has 118 valence electrons. The summed E-state index contributed by atoms with van der Waals surface area (Å²) in [6.45, 7) is 3.67. The second-order valence-corrected chi connectivity index (χ2v) is 4.97. The van der Waals surface area contributed by atoms with Crippen LogP contribution >= 0.6 is 0 Å². The van der Waals surface area contributed by atoms with E-state index in [1.165, 1.54) is 7.11 Å². The van der Waals surface area contributed by atoms with Gasteiger partial charge < -0.3 is 19.5 Å². The molecule has 6 nitrogen and oxygen atoms in total. The lowest BCUT2D eigenvalue weighted by molar-refractivity contribution is -0.146. The van der Waals surface area contributed by atoms with Gasteiger partial charge in [0.25, 0.3) is 0 Å². The average Bonchev–Trinajstić information content (AvgIpc) is 2.44. The van der Waals surface area contributed by atoms with Crippen LogP contribution in [0, 0.1) is 0 Å². The van der Waals surface area contributed by atoms with E-state index in [-0.39, 0.29) is 19.3 Å². The van der Waals surface area contributed by atoms with Crippen molar-refractivity contribution in [2.24, 2.45) is 0 Å². The molecule has 1 amide bonds. The Balaban J connectivity index is 2.46. The van der Waals surface area contributed by atoms with Crippen LogP contribution in [0.3, 0.4) is 0 Å². The zero-order valence-electron chi connectivity index (χ0n) is 12.8. The number of hydrogen-bond donors (Lipinski definition) is 1. The van der Waals surface area contributed by atoms with E-state index in [2.05, 4.69) is 5.32 Å². The number of rotatable bonds is 7. The summed E-state index contributed by atoms with van der Waals surface area (Å²) in [5.74, 6) is -0.544. The fraction of sp³-hybridized carbons (Fsp3) is 0.600. The Morgan fingerprint density at radius 3 is 2.67 bits per heavy atom.